The van der Waals surface area contributed by atoms with Crippen LogP contribution in [-0.2, 0) is 13.0 Å². The average Bonchev–Trinajstić information content (AvgIpc) is 2.98. The number of aliphatic hydroxyl groups excluding tert-OH is 1. The molecule has 0 aliphatic rings. The van der Waals surface area contributed by atoms with Crippen molar-refractivity contribution < 1.29 is 9.50 Å². The molecule has 0 aliphatic carbocycles. The van der Waals surface area contributed by atoms with E-state index >= 15 is 0 Å². The van der Waals surface area contributed by atoms with Gasteiger partial charge in [0.25, 0.3) is 0 Å². The predicted molar refractivity (Wildman–Crippen MR) is 80.1 cm³/mol. The molecule has 3 aromatic rings. The largest absolute Gasteiger partial charge is 0.390 e. The van der Waals surface area contributed by atoms with Crippen LogP contribution in [0.15, 0.2) is 24.3 Å². The van der Waals surface area contributed by atoms with E-state index in [1.807, 2.05) is 13.8 Å². The number of hydrogen-bond donors (Lipinski definition) is 1. The maximum absolute atomic E-state index is 12.9. The molecule has 2 heterocycles. The number of rotatable bonds is 4. The molecule has 0 radical (unpaired) electrons. The van der Waals surface area contributed by atoms with Crippen molar-refractivity contribution in [2.24, 2.45) is 0 Å². The van der Waals surface area contributed by atoms with Crippen molar-refractivity contribution in [1.29, 1.82) is 0 Å². The Bertz CT molecular complexity index is 761. The minimum Gasteiger partial charge on any atom is -0.390 e. The quantitative estimate of drug-likeness (QED) is 0.805. The molecule has 0 fully saturated rings. The zero-order chi connectivity index (χ0) is 15.0. The van der Waals surface area contributed by atoms with Gasteiger partial charge in [0, 0.05) is 6.42 Å². The van der Waals surface area contributed by atoms with Crippen LogP contribution in [0.25, 0.3) is 4.96 Å². The van der Waals surface area contributed by atoms with Crippen LogP contribution < -0.4 is 0 Å². The first-order valence-electron chi connectivity index (χ1n) is 6.81. The van der Waals surface area contributed by atoms with Crippen LogP contribution in [0.5, 0.6) is 0 Å². The van der Waals surface area contributed by atoms with Crippen LogP contribution in [0, 0.1) is 5.82 Å². The maximum atomic E-state index is 12.9. The van der Waals surface area contributed by atoms with E-state index in [0.717, 1.165) is 26.9 Å². The van der Waals surface area contributed by atoms with Crippen molar-refractivity contribution in [2.45, 2.75) is 32.8 Å². The Morgan fingerprint density at radius 3 is 2.62 bits per heavy atom. The van der Waals surface area contributed by atoms with Crippen LogP contribution in [0.1, 0.15) is 41.7 Å². The van der Waals surface area contributed by atoms with E-state index in [0.29, 0.717) is 6.42 Å². The molecular formula is C15H16FN3OS. The molecule has 0 saturated heterocycles. The van der Waals surface area contributed by atoms with E-state index in [9.17, 15) is 9.50 Å². The van der Waals surface area contributed by atoms with Crippen LogP contribution in [0.3, 0.4) is 0 Å². The van der Waals surface area contributed by atoms with E-state index in [-0.39, 0.29) is 18.3 Å². The number of aliphatic hydroxyl groups is 1. The van der Waals surface area contributed by atoms with Gasteiger partial charge in [0.15, 0.2) is 0 Å². The number of aromatic nitrogens is 3. The number of benzene rings is 1. The fraction of sp³-hybridized carbons (Fsp3) is 0.333. The number of nitrogens with zero attached hydrogens (tertiary/aromatic N) is 3. The van der Waals surface area contributed by atoms with Crippen LogP contribution in [-0.4, -0.2) is 19.7 Å². The highest BCUT2D eigenvalue weighted by Crippen LogP contribution is 2.25. The van der Waals surface area contributed by atoms with Gasteiger partial charge in [-0.1, -0.05) is 37.3 Å². The number of hydrogen-bond acceptors (Lipinski definition) is 4. The highest BCUT2D eigenvalue weighted by atomic mass is 32.1. The molecule has 0 spiro atoms. The molecular weight excluding hydrogens is 289 g/mol. The lowest BCUT2D eigenvalue weighted by Gasteiger charge is -2.03. The molecule has 0 amide bonds. The molecule has 0 unspecified atom stereocenters. The van der Waals surface area contributed by atoms with E-state index in [1.165, 1.54) is 23.5 Å². The summed E-state index contributed by atoms with van der Waals surface area (Å²) < 4.78 is 14.6. The molecule has 3 rings (SSSR count). The van der Waals surface area contributed by atoms with Crippen molar-refractivity contribution in [1.82, 2.24) is 14.6 Å². The summed E-state index contributed by atoms with van der Waals surface area (Å²) in [5.74, 6) is 0.0124. The summed E-state index contributed by atoms with van der Waals surface area (Å²) in [4.78, 5) is 5.35. The predicted octanol–water partition coefficient (Wildman–Crippen LogP) is 3.14. The zero-order valence-electron chi connectivity index (χ0n) is 11.9. The minimum absolute atomic E-state index is 0.0750. The second-order valence-corrected chi connectivity index (χ2v) is 6.29. The number of halogens is 1. The number of fused-ring (bicyclic) bond motifs is 1. The molecule has 2 aromatic heterocycles. The van der Waals surface area contributed by atoms with Gasteiger partial charge < -0.3 is 5.11 Å². The second kappa shape index (κ2) is 5.54. The summed E-state index contributed by atoms with van der Waals surface area (Å²) in [6.07, 6.45) is 0.635. The van der Waals surface area contributed by atoms with Gasteiger partial charge in [-0.15, -0.1) is 0 Å². The topological polar surface area (TPSA) is 50.4 Å². The molecule has 1 aromatic carbocycles. The first-order chi connectivity index (χ1) is 10.1. The normalized spacial score (nSPS) is 11.7. The van der Waals surface area contributed by atoms with Gasteiger partial charge in [-0.2, -0.15) is 5.10 Å². The Kier molecular flexibility index (Phi) is 3.73. The molecule has 110 valence electrons. The molecule has 21 heavy (non-hydrogen) atoms. The Labute approximate surface area is 125 Å². The smallest absolute Gasteiger partial charge is 0.212 e. The third kappa shape index (κ3) is 2.69. The Balaban J connectivity index is 1.94. The molecule has 1 N–H and O–H groups in total. The third-order valence-corrected chi connectivity index (χ3v) is 4.24. The third-order valence-electron chi connectivity index (χ3n) is 3.33. The van der Waals surface area contributed by atoms with Gasteiger partial charge in [-0.05, 0) is 23.6 Å². The monoisotopic (exact) mass is 305 g/mol. The lowest BCUT2D eigenvalue weighted by molar-refractivity contribution is 0.272. The van der Waals surface area contributed by atoms with Gasteiger partial charge in [0.05, 0.1) is 18.0 Å². The first kappa shape index (κ1) is 14.2. The van der Waals surface area contributed by atoms with E-state index in [1.54, 1.807) is 16.6 Å². The number of imidazole rings is 1. The maximum Gasteiger partial charge on any atom is 0.212 e. The van der Waals surface area contributed by atoms with Crippen molar-refractivity contribution in [2.75, 3.05) is 0 Å². The second-order valence-electron chi connectivity index (χ2n) is 5.25. The Morgan fingerprint density at radius 1 is 1.29 bits per heavy atom. The van der Waals surface area contributed by atoms with Gasteiger partial charge in [0.2, 0.25) is 4.96 Å². The van der Waals surface area contributed by atoms with Crippen molar-refractivity contribution in [3.8, 4) is 0 Å². The van der Waals surface area contributed by atoms with Crippen LogP contribution in [0.4, 0.5) is 4.39 Å². The molecule has 0 atom stereocenters. The summed E-state index contributed by atoms with van der Waals surface area (Å²) in [5, 5.41) is 15.0. The molecule has 4 nitrogen and oxygen atoms in total. The van der Waals surface area contributed by atoms with E-state index < -0.39 is 0 Å². The Hall–Kier alpha value is -1.79. The molecule has 0 aliphatic heterocycles. The highest BCUT2D eigenvalue weighted by Gasteiger charge is 2.18. The SMILES string of the molecule is CC(C)c1nc2sc(Cc3ccc(F)cc3)nn2c1CO. The van der Waals surface area contributed by atoms with Crippen LogP contribution in [0.2, 0.25) is 0 Å². The molecule has 6 heteroatoms. The fourth-order valence-electron chi connectivity index (χ4n) is 2.30. The standard InChI is InChI=1S/C15H16FN3OS/c1-9(2)14-12(8-20)19-15(17-14)21-13(18-19)7-10-3-5-11(16)6-4-10/h3-6,9,20H,7-8H2,1-2H3. The van der Waals surface area contributed by atoms with Gasteiger partial charge in [-0.25, -0.2) is 13.9 Å². The van der Waals surface area contributed by atoms with Gasteiger partial charge >= 0.3 is 0 Å². The van der Waals surface area contributed by atoms with Gasteiger partial charge in [0.1, 0.15) is 10.8 Å². The summed E-state index contributed by atoms with van der Waals surface area (Å²) in [6, 6.07) is 6.41. The highest BCUT2D eigenvalue weighted by molar-refractivity contribution is 7.16. The first-order valence-corrected chi connectivity index (χ1v) is 7.62. The summed E-state index contributed by atoms with van der Waals surface area (Å²) in [6.45, 7) is 4.02. The Morgan fingerprint density at radius 2 is 2.00 bits per heavy atom. The fourth-order valence-corrected chi connectivity index (χ4v) is 3.26. The van der Waals surface area contributed by atoms with Crippen molar-refractivity contribution in [3.05, 3.63) is 52.0 Å². The lowest BCUT2D eigenvalue weighted by atomic mass is 10.1. The lowest BCUT2D eigenvalue weighted by Crippen LogP contribution is -2.00. The van der Waals surface area contributed by atoms with Crippen molar-refractivity contribution >= 4 is 16.3 Å². The van der Waals surface area contributed by atoms with Crippen LogP contribution >= 0.6 is 11.3 Å². The van der Waals surface area contributed by atoms with E-state index in [2.05, 4.69) is 10.1 Å². The summed E-state index contributed by atoms with van der Waals surface area (Å²) in [7, 11) is 0. The van der Waals surface area contributed by atoms with Gasteiger partial charge in [-0.3, -0.25) is 0 Å². The summed E-state index contributed by atoms with van der Waals surface area (Å²) in [5.41, 5.74) is 2.65. The van der Waals surface area contributed by atoms with Crippen molar-refractivity contribution in [3.63, 3.8) is 0 Å². The van der Waals surface area contributed by atoms with E-state index in [4.69, 9.17) is 0 Å². The average molecular weight is 305 g/mol. The molecule has 0 bridgehead atoms. The minimum atomic E-state index is -0.239. The zero-order valence-corrected chi connectivity index (χ0v) is 12.7. The summed E-state index contributed by atoms with van der Waals surface area (Å²) >= 11 is 1.50. The molecule has 0 saturated carbocycles.